The highest BCUT2D eigenvalue weighted by Gasteiger charge is 2.40. The molecule has 2 aromatic rings. The van der Waals surface area contributed by atoms with Crippen molar-refractivity contribution in [1.82, 2.24) is 15.5 Å². The van der Waals surface area contributed by atoms with Crippen LogP contribution in [0.15, 0.2) is 48.5 Å². The quantitative estimate of drug-likeness (QED) is 0.369. The van der Waals surface area contributed by atoms with Gasteiger partial charge in [-0.3, -0.25) is 14.4 Å². The van der Waals surface area contributed by atoms with Crippen molar-refractivity contribution in [3.63, 3.8) is 0 Å². The van der Waals surface area contributed by atoms with Gasteiger partial charge in [0.1, 0.15) is 17.4 Å². The fraction of sp³-hybridized carbons (Fsp3) is 0.448. The van der Waals surface area contributed by atoms with Gasteiger partial charge < -0.3 is 30.1 Å². The summed E-state index contributed by atoms with van der Waals surface area (Å²) in [5.41, 5.74) is 1.13. The second kappa shape index (κ2) is 13.7. The molecule has 216 valence electrons. The van der Waals surface area contributed by atoms with E-state index >= 15 is 0 Å². The summed E-state index contributed by atoms with van der Waals surface area (Å²) in [6.07, 6.45) is -1.45. The lowest BCUT2D eigenvalue weighted by Crippen LogP contribution is -2.58. The fourth-order valence-electron chi connectivity index (χ4n) is 4.28. The van der Waals surface area contributed by atoms with E-state index in [0.29, 0.717) is 11.3 Å². The molecule has 10 nitrogen and oxygen atoms in total. The number of esters is 1. The van der Waals surface area contributed by atoms with E-state index in [1.807, 2.05) is 51.1 Å². The van der Waals surface area contributed by atoms with Gasteiger partial charge in [0.15, 0.2) is 12.7 Å². The average Bonchev–Trinajstić information content (AvgIpc) is 3.40. The molecule has 3 N–H and O–H groups in total. The van der Waals surface area contributed by atoms with Crippen LogP contribution in [0.1, 0.15) is 42.3 Å². The van der Waals surface area contributed by atoms with Crippen LogP contribution < -0.4 is 15.4 Å². The van der Waals surface area contributed by atoms with Crippen molar-refractivity contribution in [3.05, 3.63) is 65.2 Å². The standard InChI is InChI=1S/C29H37N3O7S/c1-18-10-9-13-20(28(37)38-5)25(18)39-15-23(33)30-21(14-19-11-7-6-8-12-19)24(34)27(36)32-17-40-16-22(32)26(35)31-29(2,3)4/h6-13,21-22,24,34H,14-17H2,1-5H3,(H,30,33)(H,31,35)/t21-,22-,24-/m0/s1. The molecule has 3 amide bonds. The van der Waals surface area contributed by atoms with E-state index in [0.717, 1.165) is 5.56 Å². The number of ether oxygens (including phenoxy) is 2. The van der Waals surface area contributed by atoms with Crippen LogP contribution >= 0.6 is 11.8 Å². The van der Waals surface area contributed by atoms with E-state index < -0.39 is 48.1 Å². The molecule has 40 heavy (non-hydrogen) atoms. The predicted molar refractivity (Wildman–Crippen MR) is 152 cm³/mol. The Hall–Kier alpha value is -3.57. The molecule has 2 aromatic carbocycles. The zero-order chi connectivity index (χ0) is 29.4. The van der Waals surface area contributed by atoms with Crippen molar-refractivity contribution < 1.29 is 33.8 Å². The van der Waals surface area contributed by atoms with Crippen molar-refractivity contribution >= 4 is 35.5 Å². The number of aryl methyl sites for hydroxylation is 1. The van der Waals surface area contributed by atoms with Crippen molar-refractivity contribution in [2.75, 3.05) is 25.3 Å². The Morgan fingerprint density at radius 2 is 1.80 bits per heavy atom. The SMILES string of the molecule is COC(=O)c1cccc(C)c1OCC(=O)N[C@@H](Cc1ccccc1)[C@H](O)C(=O)N1CSC[C@H]1C(=O)NC(C)(C)C. The molecular weight excluding hydrogens is 534 g/mol. The smallest absolute Gasteiger partial charge is 0.341 e. The summed E-state index contributed by atoms with van der Waals surface area (Å²) < 4.78 is 10.5. The number of nitrogens with zero attached hydrogens (tertiary/aromatic N) is 1. The summed E-state index contributed by atoms with van der Waals surface area (Å²) in [5.74, 6) is -1.27. The van der Waals surface area contributed by atoms with Crippen LogP contribution in [-0.2, 0) is 25.5 Å². The number of aliphatic hydroxyl groups excluding tert-OH is 1. The minimum atomic E-state index is -1.61. The molecule has 0 bridgehead atoms. The zero-order valence-electron chi connectivity index (χ0n) is 23.4. The first-order valence-electron chi connectivity index (χ1n) is 12.9. The molecule has 1 aliphatic heterocycles. The fourth-order valence-corrected chi connectivity index (χ4v) is 5.45. The first-order valence-corrected chi connectivity index (χ1v) is 14.1. The van der Waals surface area contributed by atoms with Crippen molar-refractivity contribution in [1.29, 1.82) is 0 Å². The van der Waals surface area contributed by atoms with Crippen molar-refractivity contribution in [2.45, 2.75) is 57.8 Å². The first kappa shape index (κ1) is 31.0. The third kappa shape index (κ3) is 8.22. The maximum Gasteiger partial charge on any atom is 0.341 e. The maximum atomic E-state index is 13.5. The summed E-state index contributed by atoms with van der Waals surface area (Å²) in [6.45, 7) is 6.84. The molecule has 1 saturated heterocycles. The largest absolute Gasteiger partial charge is 0.483 e. The van der Waals surface area contributed by atoms with Gasteiger partial charge in [0.25, 0.3) is 11.8 Å². The number of hydrogen-bond donors (Lipinski definition) is 3. The minimum Gasteiger partial charge on any atom is -0.483 e. The lowest BCUT2D eigenvalue weighted by Gasteiger charge is -2.31. The summed E-state index contributed by atoms with van der Waals surface area (Å²) in [4.78, 5) is 52.8. The Bertz CT molecular complexity index is 1220. The second-order valence-electron chi connectivity index (χ2n) is 10.6. The van der Waals surface area contributed by atoms with Gasteiger partial charge in [-0.2, -0.15) is 0 Å². The highest BCUT2D eigenvalue weighted by atomic mass is 32.2. The van der Waals surface area contributed by atoms with Gasteiger partial charge in [-0.15, -0.1) is 11.8 Å². The van der Waals surface area contributed by atoms with Crippen LogP contribution in [0.4, 0.5) is 0 Å². The Labute approximate surface area is 238 Å². The molecule has 0 aromatic heterocycles. The van der Waals surface area contributed by atoms with Crippen molar-refractivity contribution in [2.24, 2.45) is 0 Å². The molecule has 0 unspecified atom stereocenters. The van der Waals surface area contributed by atoms with Gasteiger partial charge >= 0.3 is 5.97 Å². The van der Waals surface area contributed by atoms with Crippen LogP contribution in [0.5, 0.6) is 5.75 Å². The molecule has 1 fully saturated rings. The number of carbonyl (C=O) groups is 4. The first-order chi connectivity index (χ1) is 18.9. The Morgan fingerprint density at radius 1 is 1.10 bits per heavy atom. The zero-order valence-corrected chi connectivity index (χ0v) is 24.2. The number of hydrogen-bond acceptors (Lipinski definition) is 8. The highest BCUT2D eigenvalue weighted by Crippen LogP contribution is 2.25. The number of para-hydroxylation sites is 1. The van der Waals surface area contributed by atoms with E-state index in [2.05, 4.69) is 10.6 Å². The molecule has 1 aliphatic rings. The molecule has 11 heteroatoms. The van der Waals surface area contributed by atoms with E-state index in [1.54, 1.807) is 19.1 Å². The Balaban J connectivity index is 1.76. The third-order valence-corrected chi connectivity index (χ3v) is 7.22. The number of aliphatic hydroxyl groups is 1. The number of benzene rings is 2. The highest BCUT2D eigenvalue weighted by molar-refractivity contribution is 7.99. The van der Waals surface area contributed by atoms with Gasteiger partial charge in [0.2, 0.25) is 5.91 Å². The minimum absolute atomic E-state index is 0.164. The Kier molecular flexibility index (Phi) is 10.6. The molecule has 1 heterocycles. The summed E-state index contributed by atoms with van der Waals surface area (Å²) in [7, 11) is 1.25. The van der Waals surface area contributed by atoms with E-state index in [9.17, 15) is 24.3 Å². The van der Waals surface area contributed by atoms with Crippen LogP contribution in [0, 0.1) is 6.92 Å². The van der Waals surface area contributed by atoms with E-state index in [4.69, 9.17) is 9.47 Å². The van der Waals surface area contributed by atoms with Gasteiger partial charge in [-0.05, 0) is 51.3 Å². The lowest BCUT2D eigenvalue weighted by molar-refractivity contribution is -0.147. The molecule has 0 spiro atoms. The van der Waals surface area contributed by atoms with Gasteiger partial charge in [-0.25, -0.2) is 4.79 Å². The number of carbonyl (C=O) groups excluding carboxylic acids is 4. The van der Waals surface area contributed by atoms with Crippen LogP contribution in [0.3, 0.4) is 0 Å². The normalized spacial score (nSPS) is 16.6. The molecule has 0 radical (unpaired) electrons. The molecular formula is C29H37N3O7S. The summed E-state index contributed by atoms with van der Waals surface area (Å²) in [6, 6.07) is 12.4. The topological polar surface area (TPSA) is 134 Å². The second-order valence-corrected chi connectivity index (χ2v) is 11.6. The molecule has 0 aliphatic carbocycles. The molecule has 3 rings (SSSR count). The lowest BCUT2D eigenvalue weighted by atomic mass is 9.99. The van der Waals surface area contributed by atoms with E-state index in [1.165, 1.54) is 29.8 Å². The average molecular weight is 572 g/mol. The monoisotopic (exact) mass is 571 g/mol. The number of thioether (sulfide) groups is 1. The van der Waals surface area contributed by atoms with Crippen LogP contribution in [-0.4, -0.2) is 82.8 Å². The summed E-state index contributed by atoms with van der Waals surface area (Å²) in [5, 5.41) is 16.8. The third-order valence-electron chi connectivity index (χ3n) is 6.21. The van der Waals surface area contributed by atoms with Gasteiger partial charge in [0.05, 0.1) is 19.0 Å². The molecule has 3 atom stereocenters. The number of amides is 3. The molecule has 0 saturated carbocycles. The van der Waals surface area contributed by atoms with Gasteiger partial charge in [0, 0.05) is 11.3 Å². The number of methoxy groups -OCH3 is 1. The van der Waals surface area contributed by atoms with Gasteiger partial charge in [-0.1, -0.05) is 42.5 Å². The maximum absolute atomic E-state index is 13.5. The summed E-state index contributed by atoms with van der Waals surface area (Å²) >= 11 is 1.42. The van der Waals surface area contributed by atoms with Crippen LogP contribution in [0.25, 0.3) is 0 Å². The Morgan fingerprint density at radius 3 is 2.45 bits per heavy atom. The predicted octanol–water partition coefficient (Wildman–Crippen LogP) is 2.07. The van der Waals surface area contributed by atoms with E-state index in [-0.39, 0.29) is 29.5 Å². The number of rotatable bonds is 10. The van der Waals surface area contributed by atoms with Crippen LogP contribution in [0.2, 0.25) is 0 Å². The van der Waals surface area contributed by atoms with Crippen molar-refractivity contribution in [3.8, 4) is 5.75 Å². The number of nitrogens with one attached hydrogen (secondary N) is 2.